The van der Waals surface area contributed by atoms with Gasteiger partial charge in [-0.1, -0.05) is 46.3 Å². The summed E-state index contributed by atoms with van der Waals surface area (Å²) in [6, 6.07) is 15.3. The first-order chi connectivity index (χ1) is 11.6. The van der Waals surface area contributed by atoms with E-state index in [4.69, 9.17) is 4.74 Å². The lowest BCUT2D eigenvalue weighted by Crippen LogP contribution is -2.33. The van der Waals surface area contributed by atoms with Crippen molar-refractivity contribution in [1.82, 2.24) is 0 Å². The van der Waals surface area contributed by atoms with Crippen LogP contribution in [0.1, 0.15) is 11.1 Å². The van der Waals surface area contributed by atoms with Crippen molar-refractivity contribution in [1.29, 1.82) is 0 Å². The number of hydrogen-bond donors (Lipinski definition) is 0. The van der Waals surface area contributed by atoms with Gasteiger partial charge in [0.05, 0.1) is 0 Å². The minimum atomic E-state index is -0.529. The number of esters is 1. The van der Waals surface area contributed by atoms with Crippen LogP contribution in [-0.2, 0) is 20.7 Å². The van der Waals surface area contributed by atoms with Crippen LogP contribution in [0.25, 0.3) is 6.08 Å². The molecule has 0 saturated heterocycles. The number of fused-ring (bicyclic) bond motifs is 1. The number of halogens is 1. The highest BCUT2D eigenvalue weighted by Gasteiger charge is 2.24. The average Bonchev–Trinajstić information content (AvgIpc) is 3.03. The molecule has 0 aliphatic carbocycles. The number of nitrogens with zero attached hydrogens (tertiary/aromatic N) is 1. The van der Waals surface area contributed by atoms with Crippen LogP contribution in [-0.4, -0.2) is 25.0 Å². The second-order valence-electron chi connectivity index (χ2n) is 5.42. The summed E-state index contributed by atoms with van der Waals surface area (Å²) in [5.41, 5.74) is 2.94. The molecular formula is C19H16BrNO3. The summed E-state index contributed by atoms with van der Waals surface area (Å²) in [6.45, 7) is 0.377. The first-order valence-corrected chi connectivity index (χ1v) is 8.41. The standard InChI is InChI=1S/C19H16BrNO3/c20-16-8-5-14(6-9-16)7-10-19(23)24-13-18(22)21-12-11-15-3-1-2-4-17(15)21/h1-10H,11-13H2/b10-7+. The third-order valence-corrected chi connectivity index (χ3v) is 4.34. The van der Waals surface area contributed by atoms with E-state index in [0.29, 0.717) is 6.54 Å². The molecule has 1 aliphatic rings. The molecule has 24 heavy (non-hydrogen) atoms. The van der Waals surface area contributed by atoms with E-state index >= 15 is 0 Å². The van der Waals surface area contributed by atoms with Crippen molar-refractivity contribution in [3.63, 3.8) is 0 Å². The molecule has 1 aliphatic heterocycles. The molecule has 5 heteroatoms. The summed E-state index contributed by atoms with van der Waals surface area (Å²) in [4.78, 5) is 25.7. The van der Waals surface area contributed by atoms with Crippen molar-refractivity contribution in [2.75, 3.05) is 18.1 Å². The molecule has 4 nitrogen and oxygen atoms in total. The third kappa shape index (κ3) is 3.92. The number of rotatable bonds is 4. The number of benzene rings is 2. The van der Waals surface area contributed by atoms with Crippen molar-refractivity contribution in [3.8, 4) is 0 Å². The number of ether oxygens (including phenoxy) is 1. The maximum absolute atomic E-state index is 12.2. The van der Waals surface area contributed by atoms with E-state index in [0.717, 1.165) is 27.7 Å². The maximum atomic E-state index is 12.2. The highest BCUT2D eigenvalue weighted by Crippen LogP contribution is 2.27. The summed E-state index contributed by atoms with van der Waals surface area (Å²) < 4.78 is 6.02. The van der Waals surface area contributed by atoms with Gasteiger partial charge in [0.1, 0.15) is 0 Å². The lowest BCUT2D eigenvalue weighted by molar-refractivity contribution is -0.142. The molecule has 0 aromatic heterocycles. The number of amides is 1. The van der Waals surface area contributed by atoms with Crippen molar-refractivity contribution in [2.45, 2.75) is 6.42 Å². The van der Waals surface area contributed by atoms with Gasteiger partial charge in [0.25, 0.3) is 5.91 Å². The van der Waals surface area contributed by atoms with Crippen LogP contribution in [0, 0.1) is 0 Å². The predicted octanol–water partition coefficient (Wildman–Crippen LogP) is 3.59. The van der Waals surface area contributed by atoms with E-state index in [1.165, 1.54) is 6.08 Å². The lowest BCUT2D eigenvalue weighted by Gasteiger charge is -2.16. The highest BCUT2D eigenvalue weighted by atomic mass is 79.9. The topological polar surface area (TPSA) is 46.6 Å². The highest BCUT2D eigenvalue weighted by molar-refractivity contribution is 9.10. The molecule has 0 spiro atoms. The molecule has 0 atom stereocenters. The molecule has 0 N–H and O–H groups in total. The number of carbonyl (C=O) groups is 2. The number of carbonyl (C=O) groups excluding carboxylic acids is 2. The van der Waals surface area contributed by atoms with Gasteiger partial charge >= 0.3 is 5.97 Å². The molecule has 0 saturated carbocycles. The quantitative estimate of drug-likeness (QED) is 0.596. The first kappa shape index (κ1) is 16.5. The van der Waals surface area contributed by atoms with Crippen molar-refractivity contribution >= 4 is 39.6 Å². The SMILES string of the molecule is O=C(/C=C/c1ccc(Br)cc1)OCC(=O)N1CCc2ccccc21. The summed E-state index contributed by atoms with van der Waals surface area (Å²) in [5.74, 6) is -0.732. The zero-order chi connectivity index (χ0) is 16.9. The fraction of sp³-hybridized carbons (Fsp3) is 0.158. The number of hydrogen-bond acceptors (Lipinski definition) is 3. The van der Waals surface area contributed by atoms with Gasteiger partial charge in [-0.2, -0.15) is 0 Å². The van der Waals surface area contributed by atoms with Gasteiger partial charge in [0.15, 0.2) is 6.61 Å². The van der Waals surface area contributed by atoms with Crippen LogP contribution in [0.5, 0.6) is 0 Å². The second kappa shape index (κ2) is 7.45. The van der Waals surface area contributed by atoms with Crippen molar-refractivity contribution in [3.05, 3.63) is 70.2 Å². The summed E-state index contributed by atoms with van der Waals surface area (Å²) in [5, 5.41) is 0. The Kier molecular flexibility index (Phi) is 5.11. The smallest absolute Gasteiger partial charge is 0.331 e. The normalized spacial score (nSPS) is 13.1. The Morgan fingerprint density at radius 3 is 2.67 bits per heavy atom. The molecule has 0 radical (unpaired) electrons. The second-order valence-corrected chi connectivity index (χ2v) is 6.33. The Labute approximate surface area is 148 Å². The Balaban J connectivity index is 1.53. The molecule has 122 valence electrons. The zero-order valence-electron chi connectivity index (χ0n) is 12.9. The molecule has 3 rings (SSSR count). The molecule has 1 heterocycles. The van der Waals surface area contributed by atoms with Crippen molar-refractivity contribution < 1.29 is 14.3 Å². The maximum Gasteiger partial charge on any atom is 0.331 e. The summed E-state index contributed by atoms with van der Waals surface area (Å²) in [7, 11) is 0. The molecule has 0 unspecified atom stereocenters. The van der Waals surface area contributed by atoms with Gasteiger partial charge < -0.3 is 9.64 Å². The van der Waals surface area contributed by atoms with E-state index in [1.54, 1.807) is 11.0 Å². The average molecular weight is 386 g/mol. The van der Waals surface area contributed by atoms with E-state index in [-0.39, 0.29) is 12.5 Å². The molecule has 1 amide bonds. The van der Waals surface area contributed by atoms with E-state index in [1.807, 2.05) is 48.5 Å². The minimum absolute atomic E-state index is 0.203. The van der Waals surface area contributed by atoms with E-state index in [9.17, 15) is 9.59 Å². The van der Waals surface area contributed by atoms with Gasteiger partial charge in [-0.3, -0.25) is 4.79 Å². The minimum Gasteiger partial charge on any atom is -0.452 e. The van der Waals surface area contributed by atoms with Gasteiger partial charge in [0.2, 0.25) is 0 Å². The number of anilines is 1. The van der Waals surface area contributed by atoms with Crippen LogP contribution in [0.3, 0.4) is 0 Å². The molecule has 0 fully saturated rings. The summed E-state index contributed by atoms with van der Waals surface area (Å²) in [6.07, 6.45) is 3.82. The molecule has 2 aromatic carbocycles. The monoisotopic (exact) mass is 385 g/mol. The third-order valence-electron chi connectivity index (χ3n) is 3.81. The molecule has 2 aromatic rings. The van der Waals surface area contributed by atoms with Gasteiger partial charge in [0, 0.05) is 22.8 Å². The van der Waals surface area contributed by atoms with Crippen LogP contribution < -0.4 is 4.90 Å². The Morgan fingerprint density at radius 2 is 1.88 bits per heavy atom. The molecular weight excluding hydrogens is 370 g/mol. The Morgan fingerprint density at radius 1 is 1.12 bits per heavy atom. The zero-order valence-corrected chi connectivity index (χ0v) is 14.5. The molecule has 0 bridgehead atoms. The Hall–Kier alpha value is -2.40. The van der Waals surface area contributed by atoms with Crippen molar-refractivity contribution in [2.24, 2.45) is 0 Å². The summed E-state index contributed by atoms with van der Waals surface area (Å²) >= 11 is 3.35. The first-order valence-electron chi connectivity index (χ1n) is 7.62. The van der Waals surface area contributed by atoms with Crippen LogP contribution >= 0.6 is 15.9 Å². The van der Waals surface area contributed by atoms with Crippen LogP contribution in [0.2, 0.25) is 0 Å². The van der Waals surface area contributed by atoms with Crippen LogP contribution in [0.4, 0.5) is 5.69 Å². The van der Waals surface area contributed by atoms with E-state index < -0.39 is 5.97 Å². The predicted molar refractivity (Wildman–Crippen MR) is 96.6 cm³/mol. The fourth-order valence-corrected chi connectivity index (χ4v) is 2.86. The Bertz CT molecular complexity index is 783. The number of para-hydroxylation sites is 1. The largest absolute Gasteiger partial charge is 0.452 e. The lowest BCUT2D eigenvalue weighted by atomic mass is 10.2. The van der Waals surface area contributed by atoms with Gasteiger partial charge in [-0.25, -0.2) is 4.79 Å². The van der Waals surface area contributed by atoms with Gasteiger partial charge in [-0.05, 0) is 41.8 Å². The fourth-order valence-electron chi connectivity index (χ4n) is 2.59. The van der Waals surface area contributed by atoms with Crippen LogP contribution in [0.15, 0.2) is 59.1 Å². The van der Waals surface area contributed by atoms with E-state index in [2.05, 4.69) is 15.9 Å². The van der Waals surface area contributed by atoms with Gasteiger partial charge in [-0.15, -0.1) is 0 Å².